The van der Waals surface area contributed by atoms with Gasteiger partial charge in [-0.2, -0.15) is 0 Å². The van der Waals surface area contributed by atoms with Gasteiger partial charge in [-0.3, -0.25) is 0 Å². The van der Waals surface area contributed by atoms with Crippen LogP contribution in [0.1, 0.15) is 0 Å². The summed E-state index contributed by atoms with van der Waals surface area (Å²) in [5, 5.41) is 12.2. The fourth-order valence-electron chi connectivity index (χ4n) is 6.73. The third kappa shape index (κ3) is 3.30. The molecule has 41 heavy (non-hydrogen) atoms. The Bertz CT molecular complexity index is 2460. The highest BCUT2D eigenvalue weighted by atomic mass is 16.3. The minimum Gasteiger partial charge on any atom is -0.455 e. The largest absolute Gasteiger partial charge is 0.455 e. The van der Waals surface area contributed by atoms with Crippen molar-refractivity contribution < 1.29 is 4.42 Å². The van der Waals surface area contributed by atoms with Gasteiger partial charge in [0.2, 0.25) is 0 Å². The molecule has 0 amide bonds. The summed E-state index contributed by atoms with van der Waals surface area (Å²) in [5.41, 5.74) is 6.79. The van der Waals surface area contributed by atoms with E-state index < -0.39 is 0 Å². The third-order valence-corrected chi connectivity index (χ3v) is 8.63. The van der Waals surface area contributed by atoms with Crippen LogP contribution in [-0.4, -0.2) is 0 Å². The summed E-state index contributed by atoms with van der Waals surface area (Å²) < 4.78 is 6.59. The zero-order valence-corrected chi connectivity index (χ0v) is 22.3. The smallest absolute Gasteiger partial charge is 0.143 e. The van der Waals surface area contributed by atoms with Gasteiger partial charge < -0.3 is 4.42 Å². The van der Waals surface area contributed by atoms with Crippen molar-refractivity contribution in [2.75, 3.05) is 0 Å². The molecule has 0 aliphatic heterocycles. The maximum absolute atomic E-state index is 6.59. The first-order chi connectivity index (χ1) is 20.3. The van der Waals surface area contributed by atoms with E-state index in [9.17, 15) is 0 Å². The Labute approximate surface area is 236 Å². The Morgan fingerprint density at radius 1 is 0.366 bits per heavy atom. The van der Waals surface area contributed by atoms with Crippen LogP contribution in [0.15, 0.2) is 150 Å². The van der Waals surface area contributed by atoms with Gasteiger partial charge in [-0.1, -0.05) is 121 Å². The molecule has 0 saturated carbocycles. The van der Waals surface area contributed by atoms with E-state index in [1.54, 1.807) is 0 Å². The van der Waals surface area contributed by atoms with E-state index in [4.69, 9.17) is 4.42 Å². The average Bonchev–Trinajstić information content (AvgIpc) is 3.43. The molecule has 0 N–H and O–H groups in total. The van der Waals surface area contributed by atoms with Crippen molar-refractivity contribution in [1.82, 2.24) is 0 Å². The van der Waals surface area contributed by atoms with Gasteiger partial charge in [-0.15, -0.1) is 0 Å². The summed E-state index contributed by atoms with van der Waals surface area (Å²) in [6.07, 6.45) is 0. The second-order valence-electron chi connectivity index (χ2n) is 10.9. The van der Waals surface area contributed by atoms with E-state index in [0.717, 1.165) is 21.9 Å². The van der Waals surface area contributed by atoms with E-state index >= 15 is 0 Å². The molecule has 0 fully saturated rings. The Morgan fingerprint density at radius 3 is 1.95 bits per heavy atom. The summed E-state index contributed by atoms with van der Waals surface area (Å²) in [6, 6.07) is 52.6. The second-order valence-corrected chi connectivity index (χ2v) is 10.9. The van der Waals surface area contributed by atoms with E-state index in [0.29, 0.717) is 0 Å². The molecular formula is C40H24O. The molecule has 190 valence electrons. The van der Waals surface area contributed by atoms with E-state index in [2.05, 4.69) is 146 Å². The highest BCUT2D eigenvalue weighted by Gasteiger charge is 2.19. The predicted octanol–water partition coefficient (Wildman–Crippen LogP) is 11.5. The second kappa shape index (κ2) is 8.55. The Kier molecular flexibility index (Phi) is 4.67. The third-order valence-electron chi connectivity index (χ3n) is 8.63. The first-order valence-corrected chi connectivity index (χ1v) is 14.1. The van der Waals surface area contributed by atoms with Crippen LogP contribution < -0.4 is 0 Å². The molecule has 0 radical (unpaired) electrons. The quantitative estimate of drug-likeness (QED) is 0.163. The number of fused-ring (bicyclic) bond motifs is 9. The van der Waals surface area contributed by atoms with E-state index in [1.165, 1.54) is 65.3 Å². The monoisotopic (exact) mass is 520 g/mol. The first-order valence-electron chi connectivity index (χ1n) is 14.1. The van der Waals surface area contributed by atoms with Crippen LogP contribution >= 0.6 is 0 Å². The molecule has 0 unspecified atom stereocenters. The minimum atomic E-state index is 0.919. The summed E-state index contributed by atoms with van der Waals surface area (Å²) >= 11 is 0. The molecule has 1 aromatic heterocycles. The van der Waals surface area contributed by atoms with Crippen molar-refractivity contribution in [2.45, 2.75) is 0 Å². The highest BCUT2D eigenvalue weighted by Crippen LogP contribution is 2.45. The zero-order valence-electron chi connectivity index (χ0n) is 22.3. The lowest BCUT2D eigenvalue weighted by Gasteiger charge is -2.15. The molecule has 0 aliphatic carbocycles. The molecule has 1 heterocycles. The molecule has 9 aromatic rings. The highest BCUT2D eigenvalue weighted by molar-refractivity contribution is 6.26. The Morgan fingerprint density at radius 2 is 1.07 bits per heavy atom. The van der Waals surface area contributed by atoms with Gasteiger partial charge in [0.05, 0.1) is 0 Å². The summed E-state index contributed by atoms with van der Waals surface area (Å²) in [4.78, 5) is 0. The molecule has 8 aromatic carbocycles. The molecule has 0 atom stereocenters. The molecule has 1 nitrogen and oxygen atoms in total. The number of furan rings is 1. The van der Waals surface area contributed by atoms with Crippen molar-refractivity contribution in [1.29, 1.82) is 0 Å². The number of hydrogen-bond acceptors (Lipinski definition) is 1. The van der Waals surface area contributed by atoms with Gasteiger partial charge in [0.1, 0.15) is 11.2 Å². The lowest BCUT2D eigenvalue weighted by atomic mass is 9.87. The fourth-order valence-corrected chi connectivity index (χ4v) is 6.73. The SMILES string of the molecule is c1ccc(-c2ccc3ccc4c(-c5cccc6oc7c8ccccc8ccc7c56)c5ccccc5cc4c3c2)cc1. The Hall–Kier alpha value is -5.40. The van der Waals surface area contributed by atoms with Crippen LogP contribution in [-0.2, 0) is 0 Å². The van der Waals surface area contributed by atoms with Gasteiger partial charge in [0, 0.05) is 16.2 Å². The standard InChI is InChI=1S/C40H24O/c1-2-9-25(10-3-1)28-18-17-27-19-21-32-36(35(27)23-28)24-29-12-5-6-13-30(29)38(32)33-15-8-16-37-39(33)34-22-20-26-11-4-7-14-31(26)40(34)41-37/h1-24H. The molecule has 0 saturated heterocycles. The lowest BCUT2D eigenvalue weighted by molar-refractivity contribution is 0.673. The number of rotatable bonds is 2. The van der Waals surface area contributed by atoms with Crippen molar-refractivity contribution in [3.8, 4) is 22.3 Å². The summed E-state index contributed by atoms with van der Waals surface area (Å²) in [6.45, 7) is 0. The zero-order chi connectivity index (χ0) is 26.9. The Balaban J connectivity index is 1.43. The lowest BCUT2D eigenvalue weighted by Crippen LogP contribution is -1.88. The van der Waals surface area contributed by atoms with Crippen LogP contribution in [0.2, 0.25) is 0 Å². The van der Waals surface area contributed by atoms with Crippen LogP contribution in [0.25, 0.3) is 87.3 Å². The van der Waals surface area contributed by atoms with Crippen molar-refractivity contribution in [3.05, 3.63) is 146 Å². The summed E-state index contributed by atoms with van der Waals surface area (Å²) in [7, 11) is 0. The first kappa shape index (κ1) is 22.4. The molecule has 9 rings (SSSR count). The fraction of sp³-hybridized carbons (Fsp3) is 0. The van der Waals surface area contributed by atoms with Gasteiger partial charge in [-0.05, 0) is 84.2 Å². The molecular weight excluding hydrogens is 496 g/mol. The molecule has 1 heteroatoms. The van der Waals surface area contributed by atoms with Crippen LogP contribution in [0, 0.1) is 0 Å². The van der Waals surface area contributed by atoms with Crippen LogP contribution in [0.3, 0.4) is 0 Å². The average molecular weight is 521 g/mol. The van der Waals surface area contributed by atoms with Crippen molar-refractivity contribution in [2.24, 2.45) is 0 Å². The summed E-state index contributed by atoms with van der Waals surface area (Å²) in [5.74, 6) is 0. The van der Waals surface area contributed by atoms with Crippen LogP contribution in [0.5, 0.6) is 0 Å². The van der Waals surface area contributed by atoms with Crippen LogP contribution in [0.4, 0.5) is 0 Å². The van der Waals surface area contributed by atoms with Crippen molar-refractivity contribution in [3.63, 3.8) is 0 Å². The maximum atomic E-state index is 6.59. The predicted molar refractivity (Wildman–Crippen MR) is 175 cm³/mol. The van der Waals surface area contributed by atoms with E-state index in [1.807, 2.05) is 0 Å². The molecule has 0 bridgehead atoms. The van der Waals surface area contributed by atoms with Gasteiger partial charge >= 0.3 is 0 Å². The topological polar surface area (TPSA) is 13.1 Å². The van der Waals surface area contributed by atoms with Gasteiger partial charge in [0.15, 0.2) is 0 Å². The van der Waals surface area contributed by atoms with Crippen molar-refractivity contribution >= 4 is 65.0 Å². The van der Waals surface area contributed by atoms with Gasteiger partial charge in [0.25, 0.3) is 0 Å². The number of hydrogen-bond donors (Lipinski definition) is 0. The normalized spacial score (nSPS) is 11.9. The minimum absolute atomic E-state index is 0.919. The molecule has 0 spiro atoms. The molecule has 0 aliphatic rings. The maximum Gasteiger partial charge on any atom is 0.143 e. The van der Waals surface area contributed by atoms with E-state index in [-0.39, 0.29) is 0 Å². The number of benzene rings is 8. The van der Waals surface area contributed by atoms with Gasteiger partial charge in [-0.25, -0.2) is 0 Å².